The van der Waals surface area contributed by atoms with Gasteiger partial charge < -0.3 is 22.5 Å². The van der Waals surface area contributed by atoms with Crippen LogP contribution in [-0.2, 0) is 36.6 Å². The largest absolute Gasteiger partial charge is 2.00 e. The van der Waals surface area contributed by atoms with E-state index in [1.807, 2.05) is 0 Å². The van der Waals surface area contributed by atoms with Crippen LogP contribution in [0.1, 0.15) is 0 Å². The zero-order valence-corrected chi connectivity index (χ0v) is 10.9. The molecule has 9 heteroatoms. The number of aromatic nitrogens is 2. The fraction of sp³-hybridized carbons (Fsp3) is 0. The number of hydrogen-bond donors (Lipinski definition) is 1. The molecule has 0 saturated carbocycles. The number of pyridine rings is 2. The van der Waals surface area contributed by atoms with Crippen LogP contribution in [0.5, 0.6) is 11.5 Å². The first-order valence-electron chi connectivity index (χ1n) is 4.53. The summed E-state index contributed by atoms with van der Waals surface area (Å²) in [4.78, 5) is 7.97. The molecule has 2 aromatic heterocycles. The fourth-order valence-electron chi connectivity index (χ4n) is 1.11. The van der Waals surface area contributed by atoms with E-state index in [1.165, 1.54) is 36.7 Å². The zero-order chi connectivity index (χ0) is 13.5. The molecule has 6 nitrogen and oxygen atoms in total. The number of halogens is 1. The summed E-state index contributed by atoms with van der Waals surface area (Å²) < 4.78 is 26.6. The second-order valence-corrected chi connectivity index (χ2v) is 3.36. The molecule has 105 valence electrons. The van der Waals surface area contributed by atoms with Crippen LogP contribution in [0.25, 0.3) is 11.4 Å². The smallest absolute Gasteiger partial charge is 0.872 e. The van der Waals surface area contributed by atoms with Gasteiger partial charge in [0.1, 0.15) is 5.75 Å². The van der Waals surface area contributed by atoms with Gasteiger partial charge in [-0.05, 0) is 12.1 Å². The molecule has 0 aliphatic heterocycles. The number of nitrogens with zero attached hydrogens (tertiary/aromatic N) is 2. The first kappa shape index (κ1) is 17.3. The van der Waals surface area contributed by atoms with Crippen molar-refractivity contribution in [1.82, 2.24) is 9.97 Å². The Morgan fingerprint density at radius 1 is 1.11 bits per heavy atom. The minimum atomic E-state index is -3.36. The van der Waals surface area contributed by atoms with Crippen LogP contribution in [-0.4, -0.2) is 15.1 Å². The molecule has 1 N–H and O–H groups in total. The predicted octanol–water partition coefficient (Wildman–Crippen LogP) is 1.10. The average Bonchev–Trinajstić information content (AvgIpc) is 2.28. The van der Waals surface area contributed by atoms with E-state index < -0.39 is 11.1 Å². The molecule has 2 heterocycles. The molecule has 0 atom stereocenters. The van der Waals surface area contributed by atoms with Gasteiger partial charge in [-0.2, -0.15) is 0 Å². The van der Waals surface area contributed by atoms with Gasteiger partial charge in [-0.1, -0.05) is 6.07 Å². The number of aromatic hydroxyl groups is 1. The third-order valence-electron chi connectivity index (χ3n) is 1.74. The summed E-state index contributed by atoms with van der Waals surface area (Å²) in [6, 6.07) is 5.67. The fourth-order valence-corrected chi connectivity index (χ4v) is 1.11. The second-order valence-electron chi connectivity index (χ2n) is 2.97. The van der Waals surface area contributed by atoms with E-state index >= 15 is 0 Å². The SMILES string of the molecule is O=[S-](=O)F.[Cu+2].[O-]c1ccnc(-c2cc(O)ccn2)c1. The molecule has 1 radical (unpaired) electrons. The summed E-state index contributed by atoms with van der Waals surface area (Å²) in [5, 5.41) is 20.2. The van der Waals surface area contributed by atoms with E-state index in [2.05, 4.69) is 9.97 Å². The van der Waals surface area contributed by atoms with Crippen molar-refractivity contribution in [3.05, 3.63) is 36.7 Å². The second kappa shape index (κ2) is 8.41. The Hall–Kier alpha value is -1.70. The van der Waals surface area contributed by atoms with E-state index in [1.54, 1.807) is 0 Å². The first-order chi connectivity index (χ1) is 8.49. The van der Waals surface area contributed by atoms with Crippen LogP contribution < -0.4 is 5.11 Å². The summed E-state index contributed by atoms with van der Waals surface area (Å²) >= 11 is -3.36. The van der Waals surface area contributed by atoms with Crippen molar-refractivity contribution in [2.45, 2.75) is 0 Å². The van der Waals surface area contributed by atoms with Crippen LogP contribution in [0.2, 0.25) is 0 Å². The molecule has 2 aromatic rings. The molecule has 0 aliphatic carbocycles. The van der Waals surface area contributed by atoms with Crippen molar-refractivity contribution in [1.29, 1.82) is 0 Å². The van der Waals surface area contributed by atoms with Crippen molar-refractivity contribution in [3.8, 4) is 22.9 Å². The van der Waals surface area contributed by atoms with Gasteiger partial charge in [0.05, 0.1) is 22.5 Å². The zero-order valence-electron chi connectivity index (χ0n) is 9.12. The van der Waals surface area contributed by atoms with E-state index in [0.29, 0.717) is 11.4 Å². The molecule has 0 unspecified atom stereocenters. The minimum absolute atomic E-state index is 0. The molecule has 0 aliphatic rings. The van der Waals surface area contributed by atoms with E-state index in [4.69, 9.17) is 8.42 Å². The van der Waals surface area contributed by atoms with Crippen LogP contribution in [0, 0.1) is 0 Å². The molecule has 0 spiro atoms. The minimum Gasteiger partial charge on any atom is -0.872 e. The Morgan fingerprint density at radius 2 is 1.58 bits per heavy atom. The first-order valence-corrected chi connectivity index (χ1v) is 5.50. The molecule has 19 heavy (non-hydrogen) atoms. The van der Waals surface area contributed by atoms with Gasteiger partial charge >= 0.3 is 17.1 Å². The Balaban J connectivity index is 0.000000576. The summed E-state index contributed by atoms with van der Waals surface area (Å²) in [5.41, 5.74) is 0.955. The van der Waals surface area contributed by atoms with Gasteiger partial charge in [0.15, 0.2) is 0 Å². The van der Waals surface area contributed by atoms with E-state index in [9.17, 15) is 14.1 Å². The van der Waals surface area contributed by atoms with Gasteiger partial charge in [0, 0.05) is 18.5 Å². The molecule has 0 fully saturated rings. The third-order valence-corrected chi connectivity index (χ3v) is 1.74. The topological polar surface area (TPSA) is 103 Å². The quantitative estimate of drug-likeness (QED) is 0.476. The summed E-state index contributed by atoms with van der Waals surface area (Å²) in [7, 11) is 0. The third kappa shape index (κ3) is 6.70. The molecule has 0 saturated heterocycles. The Kier molecular flexibility index (Phi) is 7.66. The van der Waals surface area contributed by atoms with Crippen molar-refractivity contribution >= 4 is 11.1 Å². The maximum atomic E-state index is 11.0. The number of rotatable bonds is 1. The van der Waals surface area contributed by atoms with Gasteiger partial charge in [-0.25, -0.2) is 0 Å². The number of hydrogen-bond acceptors (Lipinski definition) is 7. The van der Waals surface area contributed by atoms with Crippen molar-refractivity contribution in [3.63, 3.8) is 0 Å². The standard InChI is InChI=1S/C10H8N2O2.Cu.FO2S/c13-7-1-3-11-9(5-7)10-6-8(14)2-4-12-10;;1-4(2)3/h1-6H,(H,11,13)(H,12,14);;/q;+2;-1/p-1. The van der Waals surface area contributed by atoms with Gasteiger partial charge in [-0.3, -0.25) is 9.97 Å². The van der Waals surface area contributed by atoms with Crippen molar-refractivity contribution in [2.75, 3.05) is 0 Å². The Bertz CT molecular complexity index is 558. The maximum Gasteiger partial charge on any atom is 2.00 e. The maximum absolute atomic E-state index is 11.0. The van der Waals surface area contributed by atoms with E-state index in [-0.39, 0.29) is 28.6 Å². The summed E-state index contributed by atoms with van der Waals surface area (Å²) in [5.74, 6) is -0.0201. The van der Waals surface area contributed by atoms with Crippen LogP contribution in [0.15, 0.2) is 36.7 Å². The van der Waals surface area contributed by atoms with Gasteiger partial charge in [0.25, 0.3) is 0 Å². The molecular weight excluding hydrogens is 327 g/mol. The van der Waals surface area contributed by atoms with Crippen LogP contribution >= 0.6 is 0 Å². The molecule has 0 bridgehead atoms. The monoisotopic (exact) mass is 333 g/mol. The average molecular weight is 334 g/mol. The molecule has 0 aromatic carbocycles. The van der Waals surface area contributed by atoms with Crippen molar-refractivity contribution in [2.24, 2.45) is 0 Å². The van der Waals surface area contributed by atoms with Gasteiger partial charge in [-0.15, -0.1) is 5.75 Å². The molecule has 2 rings (SSSR count). The Labute approximate surface area is 120 Å². The summed E-state index contributed by atoms with van der Waals surface area (Å²) in [6.45, 7) is 0. The van der Waals surface area contributed by atoms with Crippen LogP contribution in [0.3, 0.4) is 0 Å². The Morgan fingerprint density at radius 3 is 2.05 bits per heavy atom. The summed E-state index contributed by atoms with van der Waals surface area (Å²) in [6.07, 6.45) is 2.88. The van der Waals surface area contributed by atoms with Gasteiger partial charge in [0.2, 0.25) is 0 Å². The molecular formula is C10H7CuFN2O4S. The molecule has 0 amide bonds. The van der Waals surface area contributed by atoms with E-state index in [0.717, 1.165) is 0 Å². The van der Waals surface area contributed by atoms with Crippen LogP contribution in [0.4, 0.5) is 3.89 Å². The van der Waals surface area contributed by atoms with Crippen molar-refractivity contribution < 1.29 is 39.6 Å². The predicted molar refractivity (Wildman–Crippen MR) is 58.4 cm³/mol. The normalized spacial score (nSPS) is 9.16.